The molecule has 1 saturated heterocycles. The monoisotopic (exact) mass is 470 g/mol. The zero-order valence-corrected chi connectivity index (χ0v) is 20.8. The van der Waals surface area contributed by atoms with Crippen molar-refractivity contribution in [2.45, 2.75) is 57.8 Å². The van der Waals surface area contributed by atoms with Crippen LogP contribution in [-0.4, -0.2) is 46.0 Å². The molecular formula is C30H34N2O3. The van der Waals surface area contributed by atoms with E-state index in [-0.39, 0.29) is 11.9 Å². The molecule has 0 unspecified atom stereocenters. The van der Waals surface area contributed by atoms with Crippen LogP contribution < -0.4 is 0 Å². The third-order valence-corrected chi connectivity index (χ3v) is 6.16. The van der Waals surface area contributed by atoms with E-state index >= 15 is 0 Å². The van der Waals surface area contributed by atoms with E-state index in [1.807, 2.05) is 105 Å². The summed E-state index contributed by atoms with van der Waals surface area (Å²) >= 11 is 0. The molecule has 1 aliphatic rings. The number of nitrogens with zero attached hydrogens (tertiary/aromatic N) is 2. The highest BCUT2D eigenvalue weighted by Gasteiger charge is 2.44. The first-order valence-electron chi connectivity index (χ1n) is 12.2. The third kappa shape index (κ3) is 6.50. The topological polar surface area (TPSA) is 49.9 Å². The second kappa shape index (κ2) is 10.8. The van der Waals surface area contributed by atoms with Crippen molar-refractivity contribution in [1.29, 1.82) is 0 Å². The van der Waals surface area contributed by atoms with Gasteiger partial charge in [-0.25, -0.2) is 4.79 Å². The molecule has 5 nitrogen and oxygen atoms in total. The van der Waals surface area contributed by atoms with E-state index in [2.05, 4.69) is 12.1 Å². The Morgan fingerprint density at radius 3 is 1.80 bits per heavy atom. The lowest BCUT2D eigenvalue weighted by Gasteiger charge is -2.46. The zero-order valence-electron chi connectivity index (χ0n) is 20.8. The lowest BCUT2D eigenvalue weighted by Crippen LogP contribution is -2.64. The summed E-state index contributed by atoms with van der Waals surface area (Å²) in [4.78, 5) is 31.1. The summed E-state index contributed by atoms with van der Waals surface area (Å²) in [5.41, 5.74) is 2.55. The number of carbonyl (C=O) groups is 2. The van der Waals surface area contributed by atoms with Crippen LogP contribution in [0.2, 0.25) is 0 Å². The van der Waals surface area contributed by atoms with Gasteiger partial charge in [-0.1, -0.05) is 91.0 Å². The summed E-state index contributed by atoms with van der Waals surface area (Å²) in [6.07, 6.45) is 0.645. The van der Waals surface area contributed by atoms with Gasteiger partial charge >= 0.3 is 6.09 Å². The highest BCUT2D eigenvalue weighted by Crippen LogP contribution is 2.27. The molecule has 35 heavy (non-hydrogen) atoms. The molecule has 1 heterocycles. The summed E-state index contributed by atoms with van der Waals surface area (Å²) < 4.78 is 5.83. The molecule has 0 N–H and O–H groups in total. The van der Waals surface area contributed by atoms with Gasteiger partial charge in [0.1, 0.15) is 11.6 Å². The Bertz CT molecular complexity index is 1110. The van der Waals surface area contributed by atoms with Crippen molar-refractivity contribution in [2.24, 2.45) is 0 Å². The summed E-state index contributed by atoms with van der Waals surface area (Å²) in [6, 6.07) is 29.2. The predicted molar refractivity (Wildman–Crippen MR) is 138 cm³/mol. The fourth-order valence-corrected chi connectivity index (χ4v) is 4.63. The quantitative estimate of drug-likeness (QED) is 0.479. The molecule has 4 rings (SSSR count). The van der Waals surface area contributed by atoms with Gasteiger partial charge in [0.2, 0.25) is 5.91 Å². The predicted octanol–water partition coefficient (Wildman–Crippen LogP) is 5.49. The fourth-order valence-electron chi connectivity index (χ4n) is 4.63. The Hall–Kier alpha value is -3.60. The molecule has 182 valence electrons. The molecule has 0 saturated carbocycles. The molecule has 1 fully saturated rings. The Morgan fingerprint density at radius 2 is 1.29 bits per heavy atom. The van der Waals surface area contributed by atoms with Crippen molar-refractivity contribution in [1.82, 2.24) is 9.80 Å². The van der Waals surface area contributed by atoms with E-state index in [0.717, 1.165) is 16.7 Å². The number of benzene rings is 3. The summed E-state index contributed by atoms with van der Waals surface area (Å²) in [5.74, 6) is -0.0483. The minimum absolute atomic E-state index is 0.0483. The summed E-state index contributed by atoms with van der Waals surface area (Å²) in [5, 5.41) is 0. The number of rotatable bonds is 6. The maximum atomic E-state index is 13.9. The minimum Gasteiger partial charge on any atom is -0.444 e. The van der Waals surface area contributed by atoms with Crippen molar-refractivity contribution in [3.8, 4) is 0 Å². The van der Waals surface area contributed by atoms with Crippen LogP contribution in [-0.2, 0) is 28.9 Å². The van der Waals surface area contributed by atoms with Crippen molar-refractivity contribution < 1.29 is 14.3 Å². The number of hydrogen-bond donors (Lipinski definition) is 0. The SMILES string of the molecule is CC(C)(C)OC(=O)N1[C@@H](Cc2ccccc2)CN(Cc2ccccc2)C(=O)[C@@H]1Cc1ccccc1. The normalized spacial score (nSPS) is 18.4. The molecule has 1 aliphatic heterocycles. The Morgan fingerprint density at radius 1 is 0.800 bits per heavy atom. The average molecular weight is 471 g/mol. The molecule has 0 bridgehead atoms. The number of amides is 2. The maximum absolute atomic E-state index is 13.9. The Kier molecular flexibility index (Phi) is 7.54. The smallest absolute Gasteiger partial charge is 0.411 e. The molecule has 0 aromatic heterocycles. The van der Waals surface area contributed by atoms with Crippen LogP contribution in [0.1, 0.15) is 37.5 Å². The molecule has 0 spiro atoms. The van der Waals surface area contributed by atoms with Gasteiger partial charge in [-0.2, -0.15) is 0 Å². The minimum atomic E-state index is -0.657. The maximum Gasteiger partial charge on any atom is 0.411 e. The second-order valence-electron chi connectivity index (χ2n) is 10.1. The molecule has 0 aliphatic carbocycles. The van der Waals surface area contributed by atoms with Gasteiger partial charge in [-0.05, 0) is 43.9 Å². The zero-order chi connectivity index (χ0) is 24.8. The van der Waals surface area contributed by atoms with Crippen molar-refractivity contribution >= 4 is 12.0 Å². The van der Waals surface area contributed by atoms with E-state index < -0.39 is 17.7 Å². The van der Waals surface area contributed by atoms with E-state index in [1.165, 1.54) is 0 Å². The van der Waals surface area contributed by atoms with Gasteiger partial charge in [0.05, 0.1) is 6.04 Å². The van der Waals surface area contributed by atoms with Crippen LogP contribution in [0.3, 0.4) is 0 Å². The molecule has 3 aromatic carbocycles. The summed E-state index contributed by atoms with van der Waals surface area (Å²) in [6.45, 7) is 6.54. The van der Waals surface area contributed by atoms with Crippen LogP contribution in [0.5, 0.6) is 0 Å². The second-order valence-corrected chi connectivity index (χ2v) is 10.1. The molecule has 2 atom stereocenters. The standard InChI is InChI=1S/C30H34N2O3/c1-30(2,3)35-29(34)32-26(19-23-13-7-4-8-14-23)22-31(21-25-17-11-6-12-18-25)28(33)27(32)20-24-15-9-5-10-16-24/h4-18,26-27H,19-22H2,1-3H3/t26-,27-/m0/s1. The molecular weight excluding hydrogens is 436 g/mol. The highest BCUT2D eigenvalue weighted by atomic mass is 16.6. The average Bonchev–Trinajstić information content (AvgIpc) is 2.83. The molecule has 0 radical (unpaired) electrons. The van der Waals surface area contributed by atoms with Gasteiger partial charge in [-0.15, -0.1) is 0 Å². The summed E-state index contributed by atoms with van der Waals surface area (Å²) in [7, 11) is 0. The third-order valence-electron chi connectivity index (χ3n) is 6.16. The fraction of sp³-hybridized carbons (Fsp3) is 0.333. The van der Waals surface area contributed by atoms with Crippen LogP contribution in [0.4, 0.5) is 4.79 Å². The molecule has 3 aromatic rings. The first kappa shape index (κ1) is 24.5. The Labute approximate surface area is 208 Å². The van der Waals surface area contributed by atoms with Crippen LogP contribution in [0, 0.1) is 0 Å². The highest BCUT2D eigenvalue weighted by molar-refractivity contribution is 5.87. The van der Waals surface area contributed by atoms with E-state index in [4.69, 9.17) is 4.74 Å². The van der Waals surface area contributed by atoms with Crippen LogP contribution in [0.25, 0.3) is 0 Å². The van der Waals surface area contributed by atoms with Gasteiger partial charge in [0.25, 0.3) is 0 Å². The van der Waals surface area contributed by atoms with E-state index in [0.29, 0.717) is 25.9 Å². The van der Waals surface area contributed by atoms with Crippen molar-refractivity contribution in [3.05, 3.63) is 108 Å². The molecule has 5 heteroatoms. The van der Waals surface area contributed by atoms with Gasteiger partial charge in [-0.3, -0.25) is 9.69 Å². The van der Waals surface area contributed by atoms with Crippen LogP contribution in [0.15, 0.2) is 91.0 Å². The number of ether oxygens (including phenoxy) is 1. The van der Waals surface area contributed by atoms with Gasteiger partial charge < -0.3 is 9.64 Å². The lowest BCUT2D eigenvalue weighted by atomic mass is 9.94. The first-order valence-corrected chi connectivity index (χ1v) is 12.2. The van der Waals surface area contributed by atoms with E-state index in [1.54, 1.807) is 4.90 Å². The van der Waals surface area contributed by atoms with Gasteiger partial charge in [0, 0.05) is 19.5 Å². The first-order chi connectivity index (χ1) is 16.8. The van der Waals surface area contributed by atoms with Crippen molar-refractivity contribution in [3.63, 3.8) is 0 Å². The van der Waals surface area contributed by atoms with Crippen LogP contribution >= 0.6 is 0 Å². The van der Waals surface area contributed by atoms with E-state index in [9.17, 15) is 9.59 Å². The Balaban J connectivity index is 1.71. The number of hydrogen-bond acceptors (Lipinski definition) is 3. The lowest BCUT2D eigenvalue weighted by molar-refractivity contribution is -0.145. The largest absolute Gasteiger partial charge is 0.444 e. The number of carbonyl (C=O) groups excluding carboxylic acids is 2. The number of piperazine rings is 1. The molecule has 2 amide bonds. The van der Waals surface area contributed by atoms with Gasteiger partial charge in [0.15, 0.2) is 0 Å². The van der Waals surface area contributed by atoms with Crippen molar-refractivity contribution in [2.75, 3.05) is 6.54 Å².